The summed E-state index contributed by atoms with van der Waals surface area (Å²) in [5, 5.41) is 11.7. The second kappa shape index (κ2) is 9.97. The summed E-state index contributed by atoms with van der Waals surface area (Å²) >= 11 is 0. The number of hydrogen-bond donors (Lipinski definition) is 3. The van der Waals surface area contributed by atoms with Crippen molar-refractivity contribution in [1.29, 1.82) is 0 Å². The summed E-state index contributed by atoms with van der Waals surface area (Å²) in [6.45, 7) is 3.90. The van der Waals surface area contributed by atoms with Gasteiger partial charge in [0.15, 0.2) is 6.10 Å². The Morgan fingerprint density at radius 1 is 1.28 bits per heavy atom. The fourth-order valence-electron chi connectivity index (χ4n) is 2.63. The quantitative estimate of drug-likeness (QED) is 0.635. The van der Waals surface area contributed by atoms with E-state index in [1.165, 1.54) is 0 Å². The molecule has 1 saturated heterocycles. The summed E-state index contributed by atoms with van der Waals surface area (Å²) in [4.78, 5) is 25.7. The van der Waals surface area contributed by atoms with Crippen LogP contribution in [0.15, 0.2) is 24.3 Å². The zero-order valence-electron chi connectivity index (χ0n) is 14.1. The first-order chi connectivity index (χ1) is 12.1. The summed E-state index contributed by atoms with van der Waals surface area (Å²) in [5.41, 5.74) is 6.39. The summed E-state index contributed by atoms with van der Waals surface area (Å²) < 4.78 is 10.3. The third-order valence-electron chi connectivity index (χ3n) is 4.00. The minimum absolute atomic E-state index is 0.0663. The van der Waals surface area contributed by atoms with Crippen molar-refractivity contribution in [3.05, 3.63) is 29.8 Å². The third-order valence-corrected chi connectivity index (χ3v) is 4.00. The number of aliphatic hydroxyl groups is 1. The first-order valence-electron chi connectivity index (χ1n) is 8.35. The molecule has 1 atom stereocenters. The van der Waals surface area contributed by atoms with E-state index >= 15 is 0 Å². The number of nitrogens with one attached hydrogen (secondary N) is 1. The minimum atomic E-state index is -0.970. The van der Waals surface area contributed by atoms with Crippen LogP contribution in [0.2, 0.25) is 0 Å². The van der Waals surface area contributed by atoms with Gasteiger partial charge >= 0.3 is 6.09 Å². The maximum Gasteiger partial charge on any atom is 0.405 e. The molecule has 2 rings (SSSR count). The molecule has 1 aromatic rings. The van der Waals surface area contributed by atoms with Crippen LogP contribution in [0.5, 0.6) is 0 Å². The molecule has 1 heterocycles. The van der Waals surface area contributed by atoms with Crippen molar-refractivity contribution >= 4 is 17.7 Å². The highest BCUT2D eigenvalue weighted by molar-refractivity contribution is 5.95. The van der Waals surface area contributed by atoms with Crippen molar-refractivity contribution in [1.82, 2.24) is 4.90 Å². The molecule has 2 amide bonds. The molecule has 1 fully saturated rings. The van der Waals surface area contributed by atoms with E-state index in [1.807, 2.05) is 0 Å². The SMILES string of the molecule is NC(=O)OC(CCCN1CCOCC1)C(=O)Nc1ccc(CO)cc1. The number of nitrogens with zero attached hydrogens (tertiary/aromatic N) is 1. The third kappa shape index (κ3) is 6.69. The molecular formula is C17H25N3O5. The largest absolute Gasteiger partial charge is 0.436 e. The van der Waals surface area contributed by atoms with Gasteiger partial charge in [-0.05, 0) is 37.1 Å². The molecule has 138 valence electrons. The number of aliphatic hydroxyl groups excluding tert-OH is 1. The maximum absolute atomic E-state index is 12.4. The van der Waals surface area contributed by atoms with Gasteiger partial charge in [0.25, 0.3) is 5.91 Å². The fraction of sp³-hybridized carbons (Fsp3) is 0.529. The van der Waals surface area contributed by atoms with E-state index in [4.69, 9.17) is 20.3 Å². The lowest BCUT2D eigenvalue weighted by Gasteiger charge is -2.27. The van der Waals surface area contributed by atoms with Gasteiger partial charge in [-0.3, -0.25) is 9.69 Å². The van der Waals surface area contributed by atoms with Gasteiger partial charge in [0, 0.05) is 18.8 Å². The van der Waals surface area contributed by atoms with Crippen LogP contribution in [0.1, 0.15) is 18.4 Å². The molecule has 1 unspecified atom stereocenters. The highest BCUT2D eigenvalue weighted by atomic mass is 16.6. The predicted molar refractivity (Wildman–Crippen MR) is 91.9 cm³/mol. The van der Waals surface area contributed by atoms with Crippen molar-refractivity contribution < 1.29 is 24.2 Å². The summed E-state index contributed by atoms with van der Waals surface area (Å²) in [5.74, 6) is -0.419. The van der Waals surface area contributed by atoms with Crippen LogP contribution in [-0.2, 0) is 20.9 Å². The van der Waals surface area contributed by atoms with E-state index in [9.17, 15) is 9.59 Å². The number of ether oxygens (including phenoxy) is 2. The van der Waals surface area contributed by atoms with Crippen LogP contribution < -0.4 is 11.1 Å². The van der Waals surface area contributed by atoms with Gasteiger partial charge < -0.3 is 25.6 Å². The molecule has 4 N–H and O–H groups in total. The number of nitrogens with two attached hydrogens (primary N) is 1. The summed E-state index contributed by atoms with van der Waals surface area (Å²) in [6.07, 6.45) is -0.812. The Bertz CT molecular complexity index is 558. The number of primary amides is 1. The van der Waals surface area contributed by atoms with Crippen molar-refractivity contribution in [2.24, 2.45) is 5.73 Å². The second-order valence-corrected chi connectivity index (χ2v) is 5.87. The molecule has 8 nitrogen and oxygen atoms in total. The number of anilines is 1. The van der Waals surface area contributed by atoms with Crippen LogP contribution in [-0.4, -0.2) is 61.0 Å². The maximum atomic E-state index is 12.4. The number of carbonyl (C=O) groups is 2. The van der Waals surface area contributed by atoms with Gasteiger partial charge in [-0.2, -0.15) is 0 Å². The van der Waals surface area contributed by atoms with E-state index in [2.05, 4.69) is 10.2 Å². The molecule has 1 aliphatic heterocycles. The Hall–Kier alpha value is -2.16. The Morgan fingerprint density at radius 2 is 1.96 bits per heavy atom. The Morgan fingerprint density at radius 3 is 2.56 bits per heavy atom. The van der Waals surface area contributed by atoms with Crippen LogP contribution >= 0.6 is 0 Å². The van der Waals surface area contributed by atoms with Gasteiger partial charge in [0.05, 0.1) is 19.8 Å². The van der Waals surface area contributed by atoms with Gasteiger partial charge in [-0.15, -0.1) is 0 Å². The molecule has 0 saturated carbocycles. The van der Waals surface area contributed by atoms with Crippen LogP contribution in [0.4, 0.5) is 10.5 Å². The Kier molecular flexibility index (Phi) is 7.65. The zero-order valence-corrected chi connectivity index (χ0v) is 14.1. The Labute approximate surface area is 146 Å². The van der Waals surface area contributed by atoms with Crippen molar-refractivity contribution in [2.45, 2.75) is 25.6 Å². The number of morpholine rings is 1. The topological polar surface area (TPSA) is 114 Å². The van der Waals surface area contributed by atoms with Gasteiger partial charge in [0.2, 0.25) is 0 Å². The zero-order chi connectivity index (χ0) is 18.1. The van der Waals surface area contributed by atoms with E-state index in [1.54, 1.807) is 24.3 Å². The molecular weight excluding hydrogens is 326 g/mol. The van der Waals surface area contributed by atoms with Gasteiger partial charge in [0.1, 0.15) is 0 Å². The predicted octanol–water partition coefficient (Wildman–Crippen LogP) is 0.694. The number of hydrogen-bond acceptors (Lipinski definition) is 6. The van der Waals surface area contributed by atoms with Crippen LogP contribution in [0, 0.1) is 0 Å². The molecule has 1 aromatic carbocycles. The first kappa shape index (κ1) is 19.2. The average Bonchev–Trinajstić information content (AvgIpc) is 2.62. The molecule has 8 heteroatoms. The number of amides is 2. The summed E-state index contributed by atoms with van der Waals surface area (Å²) in [7, 11) is 0. The van der Waals surface area contributed by atoms with Gasteiger partial charge in [-0.25, -0.2) is 4.79 Å². The molecule has 0 aliphatic carbocycles. The highest BCUT2D eigenvalue weighted by Crippen LogP contribution is 2.13. The van der Waals surface area contributed by atoms with Gasteiger partial charge in [-0.1, -0.05) is 12.1 Å². The minimum Gasteiger partial charge on any atom is -0.436 e. The molecule has 0 bridgehead atoms. The lowest BCUT2D eigenvalue weighted by Crippen LogP contribution is -2.38. The number of rotatable bonds is 8. The smallest absolute Gasteiger partial charge is 0.405 e. The Balaban J connectivity index is 1.85. The van der Waals surface area contributed by atoms with Crippen molar-refractivity contribution in [2.75, 3.05) is 38.2 Å². The van der Waals surface area contributed by atoms with Crippen molar-refractivity contribution in [3.63, 3.8) is 0 Å². The van der Waals surface area contributed by atoms with E-state index in [-0.39, 0.29) is 6.61 Å². The molecule has 1 aliphatic rings. The highest BCUT2D eigenvalue weighted by Gasteiger charge is 2.22. The molecule has 0 spiro atoms. The van der Waals surface area contributed by atoms with Crippen LogP contribution in [0.25, 0.3) is 0 Å². The van der Waals surface area contributed by atoms with E-state index < -0.39 is 18.1 Å². The lowest BCUT2D eigenvalue weighted by atomic mass is 10.1. The lowest BCUT2D eigenvalue weighted by molar-refractivity contribution is -0.124. The molecule has 0 radical (unpaired) electrons. The number of carbonyl (C=O) groups excluding carboxylic acids is 2. The van der Waals surface area contributed by atoms with Crippen molar-refractivity contribution in [3.8, 4) is 0 Å². The average molecular weight is 351 g/mol. The fourth-order valence-corrected chi connectivity index (χ4v) is 2.63. The number of benzene rings is 1. The normalized spacial score (nSPS) is 16.2. The first-order valence-corrected chi connectivity index (χ1v) is 8.35. The standard InChI is InChI=1S/C17H25N3O5/c18-17(23)25-15(2-1-7-20-8-10-24-11-9-20)16(22)19-14-5-3-13(12-21)4-6-14/h3-6,15,21H,1-2,7-12H2,(H2,18,23)(H,19,22). The van der Waals surface area contributed by atoms with E-state index in [0.29, 0.717) is 31.7 Å². The monoisotopic (exact) mass is 351 g/mol. The summed E-state index contributed by atoms with van der Waals surface area (Å²) in [6, 6.07) is 6.77. The van der Waals surface area contributed by atoms with E-state index in [0.717, 1.165) is 25.2 Å². The second-order valence-electron chi connectivity index (χ2n) is 5.87. The molecule has 0 aromatic heterocycles. The molecule has 25 heavy (non-hydrogen) atoms. The van der Waals surface area contributed by atoms with Crippen LogP contribution in [0.3, 0.4) is 0 Å².